The molecule has 0 radical (unpaired) electrons. The maximum atomic E-state index is 2.40. The number of hydrogen-bond donors (Lipinski definition) is 0. The molecule has 0 N–H and O–H groups in total. The molecular formula is C48H32N2. The molecule has 0 aliphatic carbocycles. The largest absolute Gasteiger partial charge is 0.306 e. The summed E-state index contributed by atoms with van der Waals surface area (Å²) in [7, 11) is 0. The minimum atomic E-state index is 1.14. The number of fused-ring (bicyclic) bond motifs is 6. The Morgan fingerprint density at radius 2 is 0.720 bits per heavy atom. The first-order chi connectivity index (χ1) is 24.8. The molecule has 0 saturated carbocycles. The van der Waals surface area contributed by atoms with Gasteiger partial charge in [0.15, 0.2) is 0 Å². The van der Waals surface area contributed by atoms with E-state index in [2.05, 4.69) is 204 Å². The Labute approximate surface area is 291 Å². The van der Waals surface area contributed by atoms with Crippen LogP contribution in [0.5, 0.6) is 0 Å². The first-order valence-electron chi connectivity index (χ1n) is 17.2. The van der Waals surface area contributed by atoms with Crippen LogP contribution in [-0.4, -0.2) is 0 Å². The normalized spacial score (nSPS) is 12.3. The molecule has 0 unspecified atom stereocenters. The van der Waals surface area contributed by atoms with Crippen molar-refractivity contribution in [1.82, 2.24) is 0 Å². The molecule has 1 aliphatic rings. The zero-order valence-corrected chi connectivity index (χ0v) is 27.4. The number of anilines is 6. The van der Waals surface area contributed by atoms with Crippen LogP contribution in [0.2, 0.25) is 0 Å². The number of hydrogen-bond acceptors (Lipinski definition) is 2. The van der Waals surface area contributed by atoms with Gasteiger partial charge in [-0.1, -0.05) is 127 Å². The van der Waals surface area contributed by atoms with Crippen molar-refractivity contribution < 1.29 is 0 Å². The van der Waals surface area contributed by atoms with Crippen LogP contribution in [0.4, 0.5) is 34.1 Å². The lowest BCUT2D eigenvalue weighted by molar-refractivity contribution is 1.17. The lowest BCUT2D eigenvalue weighted by Gasteiger charge is -2.40. The van der Waals surface area contributed by atoms with Gasteiger partial charge in [0.1, 0.15) is 0 Å². The highest BCUT2D eigenvalue weighted by molar-refractivity contribution is 6.11. The van der Waals surface area contributed by atoms with E-state index in [1.807, 2.05) is 0 Å². The van der Waals surface area contributed by atoms with Gasteiger partial charge in [-0.2, -0.15) is 0 Å². The quantitative estimate of drug-likeness (QED) is 0.177. The molecule has 2 nitrogen and oxygen atoms in total. The van der Waals surface area contributed by atoms with Crippen LogP contribution in [0.3, 0.4) is 0 Å². The van der Waals surface area contributed by atoms with Crippen molar-refractivity contribution in [3.05, 3.63) is 194 Å². The van der Waals surface area contributed by atoms with Crippen molar-refractivity contribution in [3.8, 4) is 22.3 Å². The van der Waals surface area contributed by atoms with Crippen LogP contribution < -0.4 is 9.80 Å². The molecule has 2 heteroatoms. The second-order valence-electron chi connectivity index (χ2n) is 13.0. The highest BCUT2D eigenvalue weighted by atomic mass is 15.3. The van der Waals surface area contributed by atoms with Crippen molar-refractivity contribution in [2.75, 3.05) is 9.80 Å². The summed E-state index contributed by atoms with van der Waals surface area (Å²) < 4.78 is 0. The lowest BCUT2D eigenvalue weighted by Crippen LogP contribution is -2.23. The predicted molar refractivity (Wildman–Crippen MR) is 213 cm³/mol. The van der Waals surface area contributed by atoms with Crippen LogP contribution in [-0.2, 0) is 0 Å². The zero-order chi connectivity index (χ0) is 33.0. The molecule has 9 aromatic rings. The minimum Gasteiger partial charge on any atom is -0.306 e. The van der Waals surface area contributed by atoms with Gasteiger partial charge < -0.3 is 9.80 Å². The van der Waals surface area contributed by atoms with E-state index in [1.165, 1.54) is 54.6 Å². The molecule has 0 saturated heterocycles. The van der Waals surface area contributed by atoms with Crippen molar-refractivity contribution in [3.63, 3.8) is 0 Å². The van der Waals surface area contributed by atoms with Crippen LogP contribution in [0.25, 0.3) is 54.6 Å². The van der Waals surface area contributed by atoms with Gasteiger partial charge in [-0.15, -0.1) is 0 Å². The summed E-state index contributed by atoms with van der Waals surface area (Å²) in [5, 5.41) is 7.48. The molecule has 1 aliphatic heterocycles. The molecular weight excluding hydrogens is 605 g/mol. The minimum absolute atomic E-state index is 1.14. The van der Waals surface area contributed by atoms with Gasteiger partial charge in [0, 0.05) is 11.4 Å². The van der Waals surface area contributed by atoms with Gasteiger partial charge >= 0.3 is 0 Å². The number of rotatable bonds is 4. The summed E-state index contributed by atoms with van der Waals surface area (Å²) >= 11 is 0. The molecule has 0 atom stereocenters. The SMILES string of the molecule is c1ccc(-c2cc3ccccc3cc2-c2ccc3c(ccc4cc(N5c6ccccc6N(c6ccccc6)c6ccccc65)ccc43)c2)cc1. The number of nitrogens with zero attached hydrogens (tertiary/aromatic N) is 2. The molecule has 0 amide bonds. The van der Waals surface area contributed by atoms with Crippen molar-refractivity contribution >= 4 is 66.4 Å². The van der Waals surface area contributed by atoms with E-state index >= 15 is 0 Å². The molecule has 234 valence electrons. The Morgan fingerprint density at radius 1 is 0.260 bits per heavy atom. The lowest BCUT2D eigenvalue weighted by atomic mass is 9.90. The van der Waals surface area contributed by atoms with Crippen LogP contribution in [0.1, 0.15) is 0 Å². The van der Waals surface area contributed by atoms with Crippen LogP contribution in [0.15, 0.2) is 194 Å². The standard InChI is InChI=1S/C48H32N2/c1-3-13-33(14-4-1)43-31-34-15-7-8-16-35(34)32-44(43)37-25-27-41-36(29-37)23-24-38-30-40(26-28-42(38)41)50-47-21-11-9-19-45(47)49(39-17-5-2-6-18-39)46-20-10-12-22-48(46)50/h1-32H. The van der Waals surface area contributed by atoms with Crippen molar-refractivity contribution in [2.45, 2.75) is 0 Å². The summed E-state index contributed by atoms with van der Waals surface area (Å²) in [5.41, 5.74) is 11.9. The highest BCUT2D eigenvalue weighted by Crippen LogP contribution is 2.54. The molecule has 10 rings (SSSR count). The monoisotopic (exact) mass is 636 g/mol. The smallest absolute Gasteiger partial charge is 0.0703 e. The summed E-state index contributed by atoms with van der Waals surface area (Å²) in [6.07, 6.45) is 0. The first-order valence-corrected chi connectivity index (χ1v) is 17.2. The topological polar surface area (TPSA) is 6.48 Å². The summed E-state index contributed by atoms with van der Waals surface area (Å²) in [5.74, 6) is 0. The van der Waals surface area contributed by atoms with Gasteiger partial charge in [0.05, 0.1) is 22.7 Å². The third-order valence-electron chi connectivity index (χ3n) is 10.1. The molecule has 0 fully saturated rings. The van der Waals surface area contributed by atoms with Crippen LogP contribution in [0, 0.1) is 0 Å². The number of benzene rings is 9. The van der Waals surface area contributed by atoms with Crippen LogP contribution >= 0.6 is 0 Å². The van der Waals surface area contributed by atoms with Gasteiger partial charge in [-0.3, -0.25) is 0 Å². The zero-order valence-electron chi connectivity index (χ0n) is 27.4. The fourth-order valence-electron chi connectivity index (χ4n) is 7.78. The molecule has 1 heterocycles. The second-order valence-corrected chi connectivity index (χ2v) is 13.0. The van der Waals surface area contributed by atoms with Gasteiger partial charge in [-0.05, 0) is 121 Å². The second kappa shape index (κ2) is 11.5. The van der Waals surface area contributed by atoms with Gasteiger partial charge in [0.2, 0.25) is 0 Å². The molecule has 0 spiro atoms. The number of para-hydroxylation sites is 5. The van der Waals surface area contributed by atoms with E-state index < -0.39 is 0 Å². The molecule has 0 bridgehead atoms. The predicted octanol–water partition coefficient (Wildman–Crippen LogP) is 13.7. The Kier molecular flexibility index (Phi) is 6.53. The fraction of sp³-hybridized carbons (Fsp3) is 0. The summed E-state index contributed by atoms with van der Waals surface area (Å²) in [6, 6.07) is 70.5. The fourth-order valence-corrected chi connectivity index (χ4v) is 7.78. The van der Waals surface area contributed by atoms with Crippen molar-refractivity contribution in [1.29, 1.82) is 0 Å². The van der Waals surface area contributed by atoms with Gasteiger partial charge in [0.25, 0.3) is 0 Å². The Bertz CT molecular complexity index is 2670. The van der Waals surface area contributed by atoms with E-state index in [4.69, 9.17) is 0 Å². The Hall–Kier alpha value is -6.64. The maximum absolute atomic E-state index is 2.40. The van der Waals surface area contributed by atoms with E-state index in [1.54, 1.807) is 0 Å². The third kappa shape index (κ3) is 4.57. The Balaban J connectivity index is 1.09. The third-order valence-corrected chi connectivity index (χ3v) is 10.1. The van der Waals surface area contributed by atoms with E-state index in [0.29, 0.717) is 0 Å². The molecule has 9 aromatic carbocycles. The summed E-state index contributed by atoms with van der Waals surface area (Å²) in [4.78, 5) is 4.77. The van der Waals surface area contributed by atoms with E-state index in [9.17, 15) is 0 Å². The summed E-state index contributed by atoms with van der Waals surface area (Å²) in [6.45, 7) is 0. The van der Waals surface area contributed by atoms with E-state index in [0.717, 1.165) is 34.1 Å². The highest BCUT2D eigenvalue weighted by Gasteiger charge is 2.30. The average Bonchev–Trinajstić information content (AvgIpc) is 3.19. The average molecular weight is 637 g/mol. The Morgan fingerprint density at radius 3 is 1.32 bits per heavy atom. The van der Waals surface area contributed by atoms with Crippen molar-refractivity contribution in [2.24, 2.45) is 0 Å². The first kappa shape index (κ1) is 28.4. The molecule has 0 aromatic heterocycles. The molecule has 50 heavy (non-hydrogen) atoms. The maximum Gasteiger partial charge on any atom is 0.0703 e. The van der Waals surface area contributed by atoms with Gasteiger partial charge in [-0.25, -0.2) is 0 Å². The van der Waals surface area contributed by atoms with E-state index in [-0.39, 0.29) is 0 Å².